The molecule has 2 aromatic carbocycles. The van der Waals surface area contributed by atoms with Crippen LogP contribution in [0.1, 0.15) is 28.4 Å². The Balaban J connectivity index is 1.84. The molecular formula is C19H23NO3. The minimum atomic E-state index is -0.719. The third-order valence-corrected chi connectivity index (χ3v) is 3.63. The molecule has 0 saturated heterocycles. The van der Waals surface area contributed by atoms with E-state index in [9.17, 15) is 9.90 Å². The molecule has 1 amide bonds. The molecule has 4 nitrogen and oxygen atoms in total. The summed E-state index contributed by atoms with van der Waals surface area (Å²) in [5, 5.41) is 12.7. The normalized spacial score (nSPS) is 11.8. The van der Waals surface area contributed by atoms with E-state index >= 15 is 0 Å². The lowest BCUT2D eigenvalue weighted by Gasteiger charge is -2.15. The largest absolute Gasteiger partial charge is 0.483 e. The summed E-state index contributed by atoms with van der Waals surface area (Å²) < 4.78 is 5.63. The van der Waals surface area contributed by atoms with Crippen LogP contribution < -0.4 is 10.1 Å². The molecule has 0 spiro atoms. The van der Waals surface area contributed by atoms with Gasteiger partial charge >= 0.3 is 0 Å². The number of amides is 1. The maximum absolute atomic E-state index is 11.9. The Morgan fingerprint density at radius 2 is 1.74 bits per heavy atom. The third-order valence-electron chi connectivity index (χ3n) is 3.63. The zero-order valence-electron chi connectivity index (χ0n) is 13.8. The summed E-state index contributed by atoms with van der Waals surface area (Å²) in [6, 6.07) is 13.3. The Morgan fingerprint density at radius 1 is 1.13 bits per heavy atom. The summed E-state index contributed by atoms with van der Waals surface area (Å²) in [4.78, 5) is 11.9. The molecular weight excluding hydrogens is 290 g/mol. The van der Waals surface area contributed by atoms with Crippen LogP contribution in [0.2, 0.25) is 0 Å². The second-order valence-corrected chi connectivity index (χ2v) is 5.75. The van der Waals surface area contributed by atoms with E-state index in [1.54, 1.807) is 0 Å². The van der Waals surface area contributed by atoms with Gasteiger partial charge in [0, 0.05) is 6.54 Å². The van der Waals surface area contributed by atoms with Gasteiger partial charge in [0.2, 0.25) is 0 Å². The van der Waals surface area contributed by atoms with Gasteiger partial charge in [-0.3, -0.25) is 4.79 Å². The molecule has 0 bridgehead atoms. The minimum Gasteiger partial charge on any atom is -0.483 e. The van der Waals surface area contributed by atoms with Gasteiger partial charge in [-0.25, -0.2) is 0 Å². The van der Waals surface area contributed by atoms with Crippen molar-refractivity contribution in [2.24, 2.45) is 0 Å². The number of ether oxygens (including phenoxy) is 1. The lowest BCUT2D eigenvalue weighted by Crippen LogP contribution is -2.32. The van der Waals surface area contributed by atoms with Crippen LogP contribution >= 0.6 is 0 Å². The molecule has 2 aromatic rings. The molecule has 2 rings (SSSR count). The highest BCUT2D eigenvalue weighted by molar-refractivity contribution is 5.77. The maximum Gasteiger partial charge on any atom is 0.258 e. The van der Waals surface area contributed by atoms with Crippen molar-refractivity contribution >= 4 is 5.91 Å². The average molecular weight is 313 g/mol. The van der Waals surface area contributed by atoms with Gasteiger partial charge < -0.3 is 15.2 Å². The predicted molar refractivity (Wildman–Crippen MR) is 90.6 cm³/mol. The number of carbonyl (C=O) groups is 1. The number of aliphatic hydroxyl groups is 1. The number of nitrogens with one attached hydrogen (secondary N) is 1. The molecule has 4 heteroatoms. The molecule has 0 aliphatic heterocycles. The molecule has 0 heterocycles. The topological polar surface area (TPSA) is 58.6 Å². The summed E-state index contributed by atoms with van der Waals surface area (Å²) >= 11 is 0. The zero-order valence-corrected chi connectivity index (χ0v) is 13.8. The molecule has 0 unspecified atom stereocenters. The van der Waals surface area contributed by atoms with Crippen molar-refractivity contribution in [2.75, 3.05) is 13.2 Å². The number of aliphatic hydroxyl groups excluding tert-OH is 1. The zero-order chi connectivity index (χ0) is 16.8. The van der Waals surface area contributed by atoms with Gasteiger partial charge in [-0.2, -0.15) is 0 Å². The van der Waals surface area contributed by atoms with Crippen LogP contribution in [0.25, 0.3) is 0 Å². The fraction of sp³-hybridized carbons (Fsp3) is 0.316. The first-order valence-corrected chi connectivity index (χ1v) is 7.67. The van der Waals surface area contributed by atoms with Gasteiger partial charge in [0.05, 0.1) is 6.10 Å². The van der Waals surface area contributed by atoms with Gasteiger partial charge in [-0.1, -0.05) is 48.0 Å². The Hall–Kier alpha value is -2.33. The highest BCUT2D eigenvalue weighted by Crippen LogP contribution is 2.24. The molecule has 0 saturated carbocycles. The SMILES string of the molecule is Cc1cc(C)c(OCC(=O)NC[C@H](O)c2ccccc2)c(C)c1. The van der Waals surface area contributed by atoms with E-state index in [1.807, 2.05) is 63.2 Å². The Kier molecular flexibility index (Phi) is 5.77. The van der Waals surface area contributed by atoms with Gasteiger partial charge in [0.15, 0.2) is 6.61 Å². The van der Waals surface area contributed by atoms with Crippen molar-refractivity contribution in [3.05, 3.63) is 64.7 Å². The Bertz CT molecular complexity index is 645. The molecule has 122 valence electrons. The molecule has 0 aliphatic rings. The number of aryl methyl sites for hydroxylation is 3. The van der Waals surface area contributed by atoms with Crippen LogP contribution in [-0.4, -0.2) is 24.2 Å². The standard InChI is InChI=1S/C19H23NO3/c1-13-9-14(2)19(15(3)10-13)23-12-18(22)20-11-17(21)16-7-5-4-6-8-16/h4-10,17,21H,11-12H2,1-3H3,(H,20,22)/t17-/m0/s1. The third kappa shape index (κ3) is 4.83. The fourth-order valence-corrected chi connectivity index (χ4v) is 2.59. The van der Waals surface area contributed by atoms with Crippen molar-refractivity contribution in [3.63, 3.8) is 0 Å². The van der Waals surface area contributed by atoms with Gasteiger partial charge in [0.1, 0.15) is 5.75 Å². The monoisotopic (exact) mass is 313 g/mol. The van der Waals surface area contributed by atoms with E-state index in [1.165, 1.54) is 5.56 Å². The minimum absolute atomic E-state index is 0.0632. The first kappa shape index (κ1) is 17.0. The van der Waals surface area contributed by atoms with Crippen molar-refractivity contribution in [3.8, 4) is 5.75 Å². The lowest BCUT2D eigenvalue weighted by molar-refractivity contribution is -0.123. The van der Waals surface area contributed by atoms with Crippen LogP contribution in [0.4, 0.5) is 0 Å². The van der Waals surface area contributed by atoms with Crippen molar-refractivity contribution in [1.29, 1.82) is 0 Å². The smallest absolute Gasteiger partial charge is 0.258 e. The van der Waals surface area contributed by atoms with Crippen LogP contribution in [0.5, 0.6) is 5.75 Å². The molecule has 23 heavy (non-hydrogen) atoms. The second-order valence-electron chi connectivity index (χ2n) is 5.75. The number of hydrogen-bond acceptors (Lipinski definition) is 3. The van der Waals surface area contributed by atoms with Gasteiger partial charge in [-0.05, 0) is 37.5 Å². The summed E-state index contributed by atoms with van der Waals surface area (Å²) in [5.41, 5.74) is 3.97. The van der Waals surface area contributed by atoms with Crippen LogP contribution in [0, 0.1) is 20.8 Å². The van der Waals surface area contributed by atoms with E-state index in [2.05, 4.69) is 5.32 Å². The Morgan fingerprint density at radius 3 is 2.35 bits per heavy atom. The van der Waals surface area contributed by atoms with Crippen LogP contribution in [0.3, 0.4) is 0 Å². The number of hydrogen-bond donors (Lipinski definition) is 2. The summed E-state index contributed by atoms with van der Waals surface area (Å²) in [7, 11) is 0. The van der Waals surface area contributed by atoms with Gasteiger partial charge in [0.25, 0.3) is 5.91 Å². The summed E-state index contributed by atoms with van der Waals surface area (Å²) in [5.74, 6) is 0.494. The second kappa shape index (κ2) is 7.79. The molecule has 0 fully saturated rings. The van der Waals surface area contributed by atoms with Crippen LogP contribution in [-0.2, 0) is 4.79 Å². The quantitative estimate of drug-likeness (QED) is 0.862. The first-order chi connectivity index (χ1) is 11.0. The highest BCUT2D eigenvalue weighted by atomic mass is 16.5. The molecule has 1 atom stereocenters. The van der Waals surface area contributed by atoms with E-state index in [0.717, 1.165) is 22.4 Å². The average Bonchev–Trinajstić information content (AvgIpc) is 2.52. The maximum atomic E-state index is 11.9. The van der Waals surface area contributed by atoms with Gasteiger partial charge in [-0.15, -0.1) is 0 Å². The summed E-state index contributed by atoms with van der Waals surface area (Å²) in [6.07, 6.45) is -0.719. The Labute approximate surface area is 137 Å². The molecule has 0 aromatic heterocycles. The number of carbonyl (C=O) groups excluding carboxylic acids is 1. The molecule has 0 aliphatic carbocycles. The van der Waals surface area contributed by atoms with E-state index in [4.69, 9.17) is 4.74 Å². The first-order valence-electron chi connectivity index (χ1n) is 7.67. The number of rotatable bonds is 6. The predicted octanol–water partition coefficient (Wildman–Crippen LogP) is 2.84. The van der Waals surface area contributed by atoms with Crippen molar-refractivity contribution < 1.29 is 14.6 Å². The van der Waals surface area contributed by atoms with E-state index in [0.29, 0.717) is 0 Å². The highest BCUT2D eigenvalue weighted by Gasteiger charge is 2.11. The molecule has 2 N–H and O–H groups in total. The number of benzene rings is 2. The van der Waals surface area contributed by atoms with E-state index < -0.39 is 6.10 Å². The van der Waals surface area contributed by atoms with Crippen LogP contribution in [0.15, 0.2) is 42.5 Å². The van der Waals surface area contributed by atoms with Crippen molar-refractivity contribution in [1.82, 2.24) is 5.32 Å². The summed E-state index contributed by atoms with van der Waals surface area (Å²) in [6.45, 7) is 6.06. The molecule has 0 radical (unpaired) electrons. The van der Waals surface area contributed by atoms with E-state index in [-0.39, 0.29) is 19.1 Å². The van der Waals surface area contributed by atoms with Crippen molar-refractivity contribution in [2.45, 2.75) is 26.9 Å². The lowest BCUT2D eigenvalue weighted by atomic mass is 10.1. The fourth-order valence-electron chi connectivity index (χ4n) is 2.59.